The van der Waals surface area contributed by atoms with Crippen LogP contribution in [-0.4, -0.2) is 39.7 Å². The smallest absolute Gasteiger partial charge is 0.433 e. The molecule has 34 heavy (non-hydrogen) atoms. The first-order valence-corrected chi connectivity index (χ1v) is 10.9. The molecule has 0 N–H and O–H groups in total. The molecule has 0 unspecified atom stereocenters. The van der Waals surface area contributed by atoms with Crippen LogP contribution in [0, 0.1) is 0 Å². The van der Waals surface area contributed by atoms with Crippen molar-refractivity contribution in [3.63, 3.8) is 0 Å². The molecule has 0 bridgehead atoms. The predicted molar refractivity (Wildman–Crippen MR) is 113 cm³/mol. The Kier molecular flexibility index (Phi) is 7.20. The molecule has 184 valence electrons. The fourth-order valence-corrected chi connectivity index (χ4v) is 4.05. The van der Waals surface area contributed by atoms with Gasteiger partial charge in [-0.2, -0.15) is 26.3 Å². The molecule has 0 spiro atoms. The molecule has 3 rings (SSSR count). The lowest BCUT2D eigenvalue weighted by Gasteiger charge is -2.30. The molecule has 0 fully saturated rings. The molecular weight excluding hydrogens is 484 g/mol. The third-order valence-corrected chi connectivity index (χ3v) is 5.58. The van der Waals surface area contributed by atoms with Gasteiger partial charge in [0.05, 0.1) is 5.56 Å². The van der Waals surface area contributed by atoms with E-state index >= 15 is 0 Å². The summed E-state index contributed by atoms with van der Waals surface area (Å²) < 4.78 is 84.3. The van der Waals surface area contributed by atoms with Gasteiger partial charge < -0.3 is 9.64 Å². The van der Waals surface area contributed by atoms with Crippen molar-refractivity contribution in [3.05, 3.63) is 53.4 Å². The van der Waals surface area contributed by atoms with E-state index in [1.54, 1.807) is 26.8 Å². The quantitative estimate of drug-likeness (QED) is 0.344. The van der Waals surface area contributed by atoms with E-state index in [4.69, 9.17) is 4.74 Å². The summed E-state index contributed by atoms with van der Waals surface area (Å²) in [6, 6.07) is 3.73. The van der Waals surface area contributed by atoms with Gasteiger partial charge in [-0.15, -0.1) is 0 Å². The number of rotatable bonds is 3. The topological polar surface area (TPSA) is 55.3 Å². The highest BCUT2D eigenvalue weighted by Gasteiger charge is 2.34. The molecule has 2 heterocycles. The SMILES string of the molecule is CC(C)(C)OC(=O)N1CC=C(c2ccc(C(F)(F)F)cc2Sc2nccc(C(F)(F)F)n2)CC1. The number of ether oxygens (including phenoxy) is 1. The Hall–Kier alpha value is -2.76. The van der Waals surface area contributed by atoms with Crippen molar-refractivity contribution in [2.24, 2.45) is 0 Å². The Labute approximate surface area is 196 Å². The first-order valence-electron chi connectivity index (χ1n) is 10.1. The van der Waals surface area contributed by atoms with Crippen molar-refractivity contribution >= 4 is 23.4 Å². The number of benzene rings is 1. The average molecular weight is 505 g/mol. The summed E-state index contributed by atoms with van der Waals surface area (Å²) >= 11 is 0.615. The van der Waals surface area contributed by atoms with Gasteiger partial charge in [0.15, 0.2) is 5.16 Å². The third kappa shape index (κ3) is 6.64. The zero-order valence-electron chi connectivity index (χ0n) is 18.4. The molecule has 0 atom stereocenters. The van der Waals surface area contributed by atoms with Crippen LogP contribution in [0.15, 0.2) is 46.6 Å². The van der Waals surface area contributed by atoms with Crippen LogP contribution in [0.3, 0.4) is 0 Å². The van der Waals surface area contributed by atoms with Crippen LogP contribution in [0.25, 0.3) is 5.57 Å². The third-order valence-electron chi connectivity index (χ3n) is 4.64. The summed E-state index contributed by atoms with van der Waals surface area (Å²) in [6.45, 7) is 5.65. The molecule has 2 aromatic rings. The van der Waals surface area contributed by atoms with E-state index in [0.717, 1.165) is 18.3 Å². The number of halogens is 6. The van der Waals surface area contributed by atoms with Gasteiger partial charge >= 0.3 is 18.4 Å². The molecule has 0 radical (unpaired) electrons. The van der Waals surface area contributed by atoms with Gasteiger partial charge in [0.1, 0.15) is 11.3 Å². The lowest BCUT2D eigenvalue weighted by molar-refractivity contribution is -0.141. The van der Waals surface area contributed by atoms with E-state index in [2.05, 4.69) is 9.97 Å². The molecular formula is C22H21F6N3O2S. The first-order chi connectivity index (χ1) is 15.6. The molecule has 0 saturated carbocycles. The number of nitrogens with zero attached hydrogens (tertiary/aromatic N) is 3. The highest BCUT2D eigenvalue weighted by Crippen LogP contribution is 2.40. The van der Waals surface area contributed by atoms with Crippen molar-refractivity contribution in [2.45, 2.75) is 55.2 Å². The van der Waals surface area contributed by atoms with Gasteiger partial charge in [-0.3, -0.25) is 0 Å². The minimum Gasteiger partial charge on any atom is -0.444 e. The minimum atomic E-state index is -4.72. The molecule has 1 aliphatic rings. The van der Waals surface area contributed by atoms with Crippen molar-refractivity contribution in [2.75, 3.05) is 13.1 Å². The van der Waals surface area contributed by atoms with Crippen LogP contribution in [0.2, 0.25) is 0 Å². The van der Waals surface area contributed by atoms with Crippen LogP contribution in [-0.2, 0) is 17.1 Å². The Morgan fingerprint density at radius 3 is 2.32 bits per heavy atom. The fraction of sp³-hybridized carbons (Fsp3) is 0.409. The van der Waals surface area contributed by atoms with E-state index in [0.29, 0.717) is 35.4 Å². The largest absolute Gasteiger partial charge is 0.444 e. The molecule has 0 saturated heterocycles. The summed E-state index contributed by atoms with van der Waals surface area (Å²) in [5, 5.41) is -0.331. The normalized spacial score (nSPS) is 15.2. The number of aromatic nitrogens is 2. The van der Waals surface area contributed by atoms with Crippen LogP contribution in [0.5, 0.6) is 0 Å². The first kappa shape index (κ1) is 25.9. The maximum absolute atomic E-state index is 13.3. The maximum Gasteiger partial charge on any atom is 0.433 e. The van der Waals surface area contributed by atoms with Crippen molar-refractivity contribution in [3.8, 4) is 0 Å². The average Bonchev–Trinajstić information content (AvgIpc) is 2.71. The van der Waals surface area contributed by atoms with Crippen molar-refractivity contribution in [1.29, 1.82) is 0 Å². The second-order valence-corrected chi connectivity index (χ2v) is 9.45. The summed E-state index contributed by atoms with van der Waals surface area (Å²) in [5.41, 5.74) is -1.75. The second kappa shape index (κ2) is 9.47. The standard InChI is InChI=1S/C22H21F6N3O2S/c1-20(2,3)33-19(32)31-10-7-13(8-11-31)15-5-4-14(21(23,24)25)12-16(15)34-18-29-9-6-17(30-18)22(26,27)28/h4-7,9,12H,8,10-11H2,1-3H3. The van der Waals surface area contributed by atoms with E-state index < -0.39 is 35.3 Å². The monoisotopic (exact) mass is 505 g/mol. The second-order valence-electron chi connectivity index (χ2n) is 8.44. The summed E-state index contributed by atoms with van der Waals surface area (Å²) in [7, 11) is 0. The number of hydrogen-bond donors (Lipinski definition) is 0. The van der Waals surface area contributed by atoms with Gasteiger partial charge in [0, 0.05) is 24.2 Å². The van der Waals surface area contributed by atoms with Gasteiger partial charge in [-0.1, -0.05) is 12.1 Å². The predicted octanol–water partition coefficient (Wildman–Crippen LogP) is 6.69. The Bertz CT molecular complexity index is 1090. The molecule has 1 aliphatic heterocycles. The maximum atomic E-state index is 13.3. The Morgan fingerprint density at radius 1 is 1.06 bits per heavy atom. The number of carbonyl (C=O) groups is 1. The molecule has 5 nitrogen and oxygen atoms in total. The Balaban J connectivity index is 1.92. The highest BCUT2D eigenvalue weighted by molar-refractivity contribution is 7.99. The fourth-order valence-electron chi connectivity index (χ4n) is 3.10. The lowest BCUT2D eigenvalue weighted by atomic mass is 9.98. The van der Waals surface area contributed by atoms with E-state index in [1.165, 1.54) is 11.0 Å². The number of hydrogen-bond acceptors (Lipinski definition) is 5. The van der Waals surface area contributed by atoms with Crippen LogP contribution in [0.1, 0.15) is 44.0 Å². The van der Waals surface area contributed by atoms with Crippen LogP contribution in [0.4, 0.5) is 31.1 Å². The summed E-state index contributed by atoms with van der Waals surface area (Å²) in [4.78, 5) is 21.0. The van der Waals surface area contributed by atoms with E-state index in [-0.39, 0.29) is 23.1 Å². The van der Waals surface area contributed by atoms with Gasteiger partial charge in [0.25, 0.3) is 0 Å². The number of amides is 1. The molecule has 12 heteroatoms. The zero-order valence-corrected chi connectivity index (χ0v) is 19.2. The van der Waals surface area contributed by atoms with Gasteiger partial charge in [-0.05, 0) is 68.3 Å². The van der Waals surface area contributed by atoms with Gasteiger partial charge in [-0.25, -0.2) is 14.8 Å². The van der Waals surface area contributed by atoms with Crippen LogP contribution < -0.4 is 0 Å². The summed E-state index contributed by atoms with van der Waals surface area (Å²) in [5.74, 6) is 0. The van der Waals surface area contributed by atoms with Gasteiger partial charge in [0.2, 0.25) is 0 Å². The summed E-state index contributed by atoms with van der Waals surface area (Å²) in [6.07, 6.45) is -6.95. The van der Waals surface area contributed by atoms with Crippen molar-refractivity contribution < 1.29 is 35.9 Å². The zero-order chi connectivity index (χ0) is 25.3. The molecule has 0 aliphatic carbocycles. The Morgan fingerprint density at radius 2 is 1.76 bits per heavy atom. The number of alkyl halides is 6. The highest BCUT2D eigenvalue weighted by atomic mass is 32.2. The molecule has 1 aromatic carbocycles. The lowest BCUT2D eigenvalue weighted by Crippen LogP contribution is -2.39. The molecule has 1 aromatic heterocycles. The number of carbonyl (C=O) groups excluding carboxylic acids is 1. The molecule has 1 amide bonds. The minimum absolute atomic E-state index is 0.0612. The van der Waals surface area contributed by atoms with E-state index in [9.17, 15) is 31.1 Å². The van der Waals surface area contributed by atoms with Crippen LogP contribution >= 0.6 is 11.8 Å². The van der Waals surface area contributed by atoms with E-state index in [1.807, 2.05) is 0 Å². The van der Waals surface area contributed by atoms with Crippen molar-refractivity contribution in [1.82, 2.24) is 14.9 Å².